The van der Waals surface area contributed by atoms with E-state index in [1.54, 1.807) is 12.1 Å². The summed E-state index contributed by atoms with van der Waals surface area (Å²) in [7, 11) is -2.05. The molecular formula is C15H13NO2PS+. The zero-order valence-corrected chi connectivity index (χ0v) is 12.7. The molecule has 0 fully saturated rings. The van der Waals surface area contributed by atoms with Gasteiger partial charge >= 0.3 is 7.23 Å². The van der Waals surface area contributed by atoms with Gasteiger partial charge in [0.25, 0.3) is 0 Å². The minimum atomic E-state index is -2.05. The molecule has 0 aliphatic heterocycles. The van der Waals surface area contributed by atoms with Crippen molar-refractivity contribution in [3.63, 3.8) is 0 Å². The Balaban J connectivity index is 2.72. The molecule has 5 heteroatoms. The van der Waals surface area contributed by atoms with Gasteiger partial charge in [-0.25, -0.2) is 4.52 Å². The van der Waals surface area contributed by atoms with Crippen molar-refractivity contribution in [1.29, 1.82) is 5.26 Å². The van der Waals surface area contributed by atoms with Crippen LogP contribution in [0.1, 0.15) is 18.1 Å². The number of nitrogens with zero attached hydrogens (tertiary/aromatic N) is 1. The van der Waals surface area contributed by atoms with Gasteiger partial charge in [0, 0.05) is 5.56 Å². The molecule has 0 aromatic heterocycles. The monoisotopic (exact) mass is 302 g/mol. The van der Waals surface area contributed by atoms with Gasteiger partial charge in [-0.2, -0.15) is 5.26 Å². The summed E-state index contributed by atoms with van der Waals surface area (Å²) in [4.78, 5) is 0. The lowest BCUT2D eigenvalue weighted by atomic mass is 9.93. The molecule has 2 aromatic carbocycles. The topological polar surface area (TPSA) is 50.1 Å². The van der Waals surface area contributed by atoms with Gasteiger partial charge in [0.2, 0.25) is 0 Å². The van der Waals surface area contributed by atoms with Gasteiger partial charge in [-0.15, -0.1) is 0 Å². The van der Waals surface area contributed by atoms with Gasteiger partial charge in [0.15, 0.2) is 18.0 Å². The third kappa shape index (κ3) is 3.01. The molecule has 0 N–H and O–H groups in total. The molecule has 0 radical (unpaired) electrons. The van der Waals surface area contributed by atoms with E-state index in [2.05, 4.69) is 18.3 Å². The van der Waals surface area contributed by atoms with Gasteiger partial charge in [0.1, 0.15) is 0 Å². The Morgan fingerprint density at radius 1 is 1.25 bits per heavy atom. The van der Waals surface area contributed by atoms with E-state index in [0.717, 1.165) is 16.7 Å². The molecule has 0 saturated heterocycles. The largest absolute Gasteiger partial charge is 0.631 e. The fourth-order valence-electron chi connectivity index (χ4n) is 2.18. The summed E-state index contributed by atoms with van der Waals surface area (Å²) >= 11 is 3.80. The normalized spacial score (nSPS) is 10.8. The van der Waals surface area contributed by atoms with Gasteiger partial charge < -0.3 is 0 Å². The summed E-state index contributed by atoms with van der Waals surface area (Å²) in [6.07, 6.45) is 0.688. The van der Waals surface area contributed by atoms with Crippen molar-refractivity contribution in [3.8, 4) is 22.9 Å². The van der Waals surface area contributed by atoms with Crippen LogP contribution in [0.25, 0.3) is 11.1 Å². The highest BCUT2D eigenvalue weighted by Crippen LogP contribution is 2.41. The predicted molar refractivity (Wildman–Crippen MR) is 83.2 cm³/mol. The van der Waals surface area contributed by atoms with E-state index in [0.29, 0.717) is 17.7 Å². The molecule has 100 valence electrons. The average molecular weight is 302 g/mol. The molecule has 20 heavy (non-hydrogen) atoms. The van der Waals surface area contributed by atoms with Crippen molar-refractivity contribution in [2.75, 3.05) is 0 Å². The lowest BCUT2D eigenvalue weighted by Gasteiger charge is -2.12. The number of rotatable bonds is 4. The molecule has 0 bridgehead atoms. The van der Waals surface area contributed by atoms with Crippen molar-refractivity contribution in [2.24, 2.45) is 0 Å². The van der Waals surface area contributed by atoms with Crippen LogP contribution >= 0.6 is 19.5 Å². The van der Waals surface area contributed by atoms with Crippen LogP contribution in [0.2, 0.25) is 0 Å². The summed E-state index contributed by atoms with van der Waals surface area (Å²) < 4.78 is 16.6. The summed E-state index contributed by atoms with van der Waals surface area (Å²) in [5.41, 5.74) is 3.24. The molecule has 0 aliphatic carbocycles. The minimum absolute atomic E-state index is 0.489. The van der Waals surface area contributed by atoms with Gasteiger partial charge in [-0.3, -0.25) is 0 Å². The van der Waals surface area contributed by atoms with Gasteiger partial charge in [-0.1, -0.05) is 37.3 Å². The second-order valence-electron chi connectivity index (χ2n) is 4.13. The Bertz CT molecular complexity index is 680. The van der Waals surface area contributed by atoms with Crippen LogP contribution in [0.5, 0.6) is 5.75 Å². The van der Waals surface area contributed by atoms with E-state index in [1.807, 2.05) is 37.3 Å². The lowest BCUT2D eigenvalue weighted by Crippen LogP contribution is -1.96. The van der Waals surface area contributed by atoms with Crippen LogP contribution in [0.4, 0.5) is 0 Å². The fourth-order valence-corrected chi connectivity index (χ4v) is 2.76. The first kappa shape index (κ1) is 14.6. The lowest BCUT2D eigenvalue weighted by molar-refractivity contribution is 0.521. The van der Waals surface area contributed by atoms with Crippen LogP contribution in [-0.4, -0.2) is 0 Å². The molecule has 0 heterocycles. The second-order valence-corrected chi connectivity index (χ2v) is 5.76. The molecule has 0 saturated carbocycles. The van der Waals surface area contributed by atoms with E-state index in [-0.39, 0.29) is 0 Å². The number of nitriles is 1. The van der Waals surface area contributed by atoms with E-state index >= 15 is 0 Å². The minimum Gasteiger partial charge on any atom is -0.245 e. The van der Waals surface area contributed by atoms with Crippen LogP contribution in [-0.2, 0) is 11.0 Å². The predicted octanol–water partition coefficient (Wildman–Crippen LogP) is 4.75. The SMILES string of the molecule is CCc1c(C#N)ccc(O[P+](=O)S)c1-c1ccccc1. The molecule has 1 atom stereocenters. The molecule has 3 nitrogen and oxygen atoms in total. The number of benzene rings is 2. The maximum Gasteiger partial charge on any atom is 0.631 e. The summed E-state index contributed by atoms with van der Waals surface area (Å²) in [6.45, 7) is 1.98. The highest BCUT2D eigenvalue weighted by Gasteiger charge is 2.21. The summed E-state index contributed by atoms with van der Waals surface area (Å²) in [5.74, 6) is 0.489. The van der Waals surface area contributed by atoms with E-state index in [4.69, 9.17) is 4.52 Å². The highest BCUT2D eigenvalue weighted by atomic mass is 32.7. The molecule has 1 unspecified atom stereocenters. The second kappa shape index (κ2) is 6.56. The molecule has 0 spiro atoms. The fraction of sp³-hybridized carbons (Fsp3) is 0.133. The van der Waals surface area contributed by atoms with Crippen molar-refractivity contribution in [1.82, 2.24) is 0 Å². The Morgan fingerprint density at radius 3 is 2.50 bits per heavy atom. The Morgan fingerprint density at radius 2 is 1.95 bits per heavy atom. The standard InChI is InChI=1S/C15H12NO2PS/c1-2-13-12(10-16)8-9-14(18-19(17)20)15(13)11-6-4-3-5-7-11/h3-9H,2H2,1H3/p+1. The summed E-state index contributed by atoms with van der Waals surface area (Å²) in [5, 5.41) is 9.23. The van der Waals surface area contributed by atoms with Crippen molar-refractivity contribution in [2.45, 2.75) is 13.3 Å². The van der Waals surface area contributed by atoms with Crippen LogP contribution in [0, 0.1) is 11.3 Å². The maximum atomic E-state index is 11.3. The van der Waals surface area contributed by atoms with E-state index in [9.17, 15) is 9.83 Å². The molecule has 2 aromatic rings. The first-order valence-electron chi connectivity index (χ1n) is 6.12. The first-order chi connectivity index (χ1) is 9.67. The quantitative estimate of drug-likeness (QED) is 0.654. The van der Waals surface area contributed by atoms with Crippen molar-refractivity contribution >= 4 is 19.5 Å². The van der Waals surface area contributed by atoms with Crippen molar-refractivity contribution in [3.05, 3.63) is 53.6 Å². The zero-order chi connectivity index (χ0) is 14.5. The highest BCUT2D eigenvalue weighted by molar-refractivity contribution is 8.39. The third-order valence-electron chi connectivity index (χ3n) is 2.99. The third-order valence-corrected chi connectivity index (χ3v) is 3.59. The molecular weight excluding hydrogens is 289 g/mol. The first-order valence-corrected chi connectivity index (χ1v) is 8.46. The average Bonchev–Trinajstić information content (AvgIpc) is 2.47. The van der Waals surface area contributed by atoms with E-state index < -0.39 is 7.23 Å². The van der Waals surface area contributed by atoms with Crippen LogP contribution < -0.4 is 4.52 Å². The number of hydrogen-bond acceptors (Lipinski definition) is 3. The molecule has 2 rings (SSSR count). The zero-order valence-electron chi connectivity index (χ0n) is 10.9. The molecule has 0 aliphatic rings. The van der Waals surface area contributed by atoms with Crippen LogP contribution in [0.15, 0.2) is 42.5 Å². The summed E-state index contributed by atoms with van der Waals surface area (Å²) in [6, 6.07) is 15.2. The number of hydrogen-bond donors (Lipinski definition) is 1. The van der Waals surface area contributed by atoms with E-state index in [1.165, 1.54) is 0 Å². The van der Waals surface area contributed by atoms with Gasteiger partial charge in [-0.05, 0) is 34.2 Å². The Hall–Kier alpha value is -1.82. The van der Waals surface area contributed by atoms with Crippen molar-refractivity contribution < 1.29 is 9.09 Å². The van der Waals surface area contributed by atoms with Crippen LogP contribution in [0.3, 0.4) is 0 Å². The van der Waals surface area contributed by atoms with Gasteiger partial charge in [0.05, 0.1) is 11.6 Å². The maximum absolute atomic E-state index is 11.3. The smallest absolute Gasteiger partial charge is 0.245 e. The Kier molecular flexibility index (Phi) is 4.79. The Labute approximate surface area is 124 Å². The number of thiol groups is 1. The molecule has 0 amide bonds.